The molecule has 0 amide bonds. The number of hydrogen-bond donors (Lipinski definition) is 2. The first kappa shape index (κ1) is 15.3. The van der Waals surface area contributed by atoms with Crippen molar-refractivity contribution in [2.75, 3.05) is 25.0 Å². The van der Waals surface area contributed by atoms with Crippen LogP contribution in [0.1, 0.15) is 43.6 Å². The first-order valence-corrected chi connectivity index (χ1v) is 9.91. The maximum absolute atomic E-state index is 4.62. The lowest BCUT2D eigenvalue weighted by atomic mass is 9.89. The number of hydrogen-bond acceptors (Lipinski definition) is 4. The van der Waals surface area contributed by atoms with Gasteiger partial charge in [-0.05, 0) is 37.7 Å². The summed E-state index contributed by atoms with van der Waals surface area (Å²) >= 11 is 1.89. The van der Waals surface area contributed by atoms with Gasteiger partial charge in [-0.25, -0.2) is 9.97 Å². The average Bonchev–Trinajstić information content (AvgIpc) is 2.94. The number of rotatable bonds is 3. The molecule has 2 aromatic heterocycles. The van der Waals surface area contributed by atoms with E-state index in [1.165, 1.54) is 67.5 Å². The Morgan fingerprint density at radius 1 is 1.26 bits per heavy atom. The summed E-state index contributed by atoms with van der Waals surface area (Å²) in [6.07, 6.45) is 7.94. The predicted molar refractivity (Wildman–Crippen MR) is 96.5 cm³/mol. The Morgan fingerprint density at radius 3 is 2.87 bits per heavy atom. The van der Waals surface area contributed by atoms with Crippen molar-refractivity contribution in [2.45, 2.75) is 52.0 Å². The number of aryl methyl sites for hydroxylation is 1. The van der Waals surface area contributed by atoms with E-state index >= 15 is 0 Å². The number of likely N-dealkylation sites (tertiary alicyclic amines) is 1. The minimum atomic E-state index is 0.571. The zero-order chi connectivity index (χ0) is 15.8. The number of aromatic nitrogens is 2. The van der Waals surface area contributed by atoms with Gasteiger partial charge in [0.1, 0.15) is 17.0 Å². The van der Waals surface area contributed by atoms with E-state index in [2.05, 4.69) is 29.1 Å². The molecule has 5 heteroatoms. The van der Waals surface area contributed by atoms with Crippen molar-refractivity contribution >= 4 is 27.4 Å². The molecule has 4 rings (SSSR count). The molecule has 1 aliphatic heterocycles. The highest BCUT2D eigenvalue weighted by molar-refractivity contribution is 7.19. The molecule has 0 unspecified atom stereocenters. The summed E-state index contributed by atoms with van der Waals surface area (Å²) in [5.41, 5.74) is 1.53. The molecule has 1 aliphatic carbocycles. The van der Waals surface area contributed by atoms with Gasteiger partial charge in [-0.2, -0.15) is 0 Å². The number of quaternary nitrogens is 1. The topological polar surface area (TPSA) is 42.2 Å². The van der Waals surface area contributed by atoms with Gasteiger partial charge in [0.2, 0.25) is 0 Å². The molecule has 4 nitrogen and oxygen atoms in total. The molecule has 1 atom stereocenters. The minimum absolute atomic E-state index is 0.571. The van der Waals surface area contributed by atoms with E-state index in [4.69, 9.17) is 0 Å². The smallest absolute Gasteiger partial charge is 0.138 e. The van der Waals surface area contributed by atoms with Gasteiger partial charge < -0.3 is 10.2 Å². The molecule has 3 heterocycles. The molecular weight excluding hydrogens is 304 g/mol. The second-order valence-electron chi connectivity index (χ2n) is 7.28. The summed E-state index contributed by atoms with van der Waals surface area (Å²) in [5.74, 6) is 1.90. The molecule has 0 bridgehead atoms. The average molecular weight is 332 g/mol. The number of anilines is 1. The third kappa shape index (κ3) is 2.96. The molecule has 124 valence electrons. The molecule has 23 heavy (non-hydrogen) atoms. The summed E-state index contributed by atoms with van der Waals surface area (Å²) in [6, 6.07) is 0.571. The zero-order valence-corrected chi connectivity index (χ0v) is 15.0. The first-order chi connectivity index (χ1) is 11.2. The van der Waals surface area contributed by atoms with Crippen LogP contribution in [-0.2, 0) is 12.8 Å². The van der Waals surface area contributed by atoms with Gasteiger partial charge in [-0.3, -0.25) is 0 Å². The van der Waals surface area contributed by atoms with Crippen LogP contribution in [0.25, 0.3) is 10.2 Å². The molecule has 0 aromatic carbocycles. The van der Waals surface area contributed by atoms with E-state index in [0.717, 1.165) is 11.7 Å². The quantitative estimate of drug-likeness (QED) is 0.907. The van der Waals surface area contributed by atoms with Gasteiger partial charge >= 0.3 is 0 Å². The number of thiophene rings is 1. The lowest BCUT2D eigenvalue weighted by molar-refractivity contribution is -0.903. The SMILES string of the molecule is CC[NH+]1CCC(Nc2ncnc3sc4c(c23)CC[C@H](C)C4)CC1. The Bertz CT molecular complexity index is 688. The summed E-state index contributed by atoms with van der Waals surface area (Å²) in [6.45, 7) is 8.46. The van der Waals surface area contributed by atoms with Gasteiger partial charge in [0.25, 0.3) is 0 Å². The highest BCUT2D eigenvalue weighted by Gasteiger charge is 2.25. The Hall–Kier alpha value is -1.20. The summed E-state index contributed by atoms with van der Waals surface area (Å²) in [7, 11) is 0. The molecule has 2 aromatic rings. The van der Waals surface area contributed by atoms with E-state index in [1.807, 2.05) is 11.3 Å². The largest absolute Gasteiger partial charge is 0.366 e. The van der Waals surface area contributed by atoms with Crippen LogP contribution >= 0.6 is 11.3 Å². The fraction of sp³-hybridized carbons (Fsp3) is 0.667. The van der Waals surface area contributed by atoms with Crippen molar-refractivity contribution in [3.05, 3.63) is 16.8 Å². The Kier molecular flexibility index (Phi) is 4.24. The summed E-state index contributed by atoms with van der Waals surface area (Å²) < 4.78 is 0. The number of nitrogens with one attached hydrogen (secondary N) is 2. The molecule has 0 saturated carbocycles. The van der Waals surface area contributed by atoms with Crippen LogP contribution in [0.3, 0.4) is 0 Å². The Morgan fingerprint density at radius 2 is 2.09 bits per heavy atom. The van der Waals surface area contributed by atoms with Crippen LogP contribution in [-0.4, -0.2) is 35.6 Å². The third-order valence-corrected chi connectivity index (χ3v) is 6.79. The van der Waals surface area contributed by atoms with Crippen LogP contribution in [0, 0.1) is 5.92 Å². The maximum Gasteiger partial charge on any atom is 0.138 e. The fourth-order valence-corrected chi connectivity index (χ4v) is 5.45. The van der Waals surface area contributed by atoms with Gasteiger partial charge in [-0.1, -0.05) is 6.92 Å². The van der Waals surface area contributed by atoms with Crippen molar-refractivity contribution in [2.24, 2.45) is 5.92 Å². The van der Waals surface area contributed by atoms with Gasteiger partial charge in [-0.15, -0.1) is 11.3 Å². The van der Waals surface area contributed by atoms with E-state index in [-0.39, 0.29) is 0 Å². The zero-order valence-electron chi connectivity index (χ0n) is 14.2. The number of nitrogens with zero attached hydrogens (tertiary/aromatic N) is 2. The van der Waals surface area contributed by atoms with Gasteiger partial charge in [0.15, 0.2) is 0 Å². The van der Waals surface area contributed by atoms with Crippen LogP contribution in [0.2, 0.25) is 0 Å². The molecular formula is C18H27N4S+. The highest BCUT2D eigenvalue weighted by Crippen LogP contribution is 2.39. The maximum atomic E-state index is 4.62. The number of fused-ring (bicyclic) bond motifs is 3. The molecule has 1 fully saturated rings. The van der Waals surface area contributed by atoms with Crippen LogP contribution in [0.15, 0.2) is 6.33 Å². The molecule has 0 radical (unpaired) electrons. The molecule has 1 saturated heterocycles. The fourth-order valence-electron chi connectivity index (χ4n) is 4.10. The second-order valence-corrected chi connectivity index (χ2v) is 8.36. The summed E-state index contributed by atoms with van der Waals surface area (Å²) in [4.78, 5) is 13.6. The molecule has 0 spiro atoms. The lowest BCUT2D eigenvalue weighted by Gasteiger charge is -2.29. The molecule has 2 aliphatic rings. The highest BCUT2D eigenvalue weighted by atomic mass is 32.1. The monoisotopic (exact) mass is 331 g/mol. The Labute approximate surface area is 142 Å². The predicted octanol–water partition coefficient (Wildman–Crippen LogP) is 2.30. The van der Waals surface area contributed by atoms with Crippen LogP contribution in [0.4, 0.5) is 5.82 Å². The van der Waals surface area contributed by atoms with Crippen LogP contribution < -0.4 is 10.2 Å². The molecule has 2 N–H and O–H groups in total. The summed E-state index contributed by atoms with van der Waals surface area (Å²) in [5, 5.41) is 5.08. The van der Waals surface area contributed by atoms with Crippen LogP contribution in [0.5, 0.6) is 0 Å². The lowest BCUT2D eigenvalue weighted by Crippen LogP contribution is -3.13. The van der Waals surface area contributed by atoms with E-state index < -0.39 is 0 Å². The standard InChI is InChI=1S/C18H26N4S/c1-3-22-8-6-13(7-9-22)21-17-16-14-5-4-12(2)10-15(14)23-18(16)20-11-19-17/h11-13H,3-10H2,1-2H3,(H,19,20,21)/p+1/t12-/m0/s1. The first-order valence-electron chi connectivity index (χ1n) is 9.10. The van der Waals surface area contributed by atoms with Crippen molar-refractivity contribution in [1.29, 1.82) is 0 Å². The third-order valence-electron chi connectivity index (χ3n) is 5.63. The Balaban J connectivity index is 1.60. The van der Waals surface area contributed by atoms with E-state index in [1.54, 1.807) is 16.1 Å². The second kappa shape index (κ2) is 6.36. The van der Waals surface area contributed by atoms with Gasteiger partial charge in [0, 0.05) is 23.8 Å². The van der Waals surface area contributed by atoms with Crippen molar-refractivity contribution in [3.8, 4) is 0 Å². The van der Waals surface area contributed by atoms with Gasteiger partial charge in [0.05, 0.1) is 25.0 Å². The van der Waals surface area contributed by atoms with Crippen molar-refractivity contribution < 1.29 is 4.90 Å². The van der Waals surface area contributed by atoms with Crippen molar-refractivity contribution in [3.63, 3.8) is 0 Å². The normalized spacial score (nSPS) is 27.8. The number of piperidine rings is 1. The van der Waals surface area contributed by atoms with E-state index in [9.17, 15) is 0 Å². The van der Waals surface area contributed by atoms with Crippen molar-refractivity contribution in [1.82, 2.24) is 9.97 Å². The minimum Gasteiger partial charge on any atom is -0.366 e. The van der Waals surface area contributed by atoms with E-state index in [0.29, 0.717) is 6.04 Å².